The second-order valence-corrected chi connectivity index (χ2v) is 7.18. The van der Waals surface area contributed by atoms with Crippen LogP contribution in [0.5, 0.6) is 0 Å². The summed E-state index contributed by atoms with van der Waals surface area (Å²) in [6.45, 7) is 7.75. The molecule has 1 aromatic rings. The van der Waals surface area contributed by atoms with Gasteiger partial charge in [0.2, 0.25) is 0 Å². The highest BCUT2D eigenvalue weighted by molar-refractivity contribution is 5.33. The van der Waals surface area contributed by atoms with E-state index >= 15 is 0 Å². The topological polar surface area (TPSA) is 15.3 Å². The van der Waals surface area contributed by atoms with Crippen LogP contribution in [0, 0.1) is 19.8 Å². The zero-order chi connectivity index (χ0) is 15.0. The van der Waals surface area contributed by atoms with Crippen molar-refractivity contribution >= 4 is 0 Å². The molecule has 2 heteroatoms. The Hall–Kier alpha value is -0.860. The number of benzene rings is 1. The van der Waals surface area contributed by atoms with Gasteiger partial charge >= 0.3 is 0 Å². The summed E-state index contributed by atoms with van der Waals surface area (Å²) in [6.07, 6.45) is 5.53. The van der Waals surface area contributed by atoms with Crippen LogP contribution >= 0.6 is 0 Å². The summed E-state index contributed by atoms with van der Waals surface area (Å²) in [5.74, 6) is 0.792. The summed E-state index contributed by atoms with van der Waals surface area (Å²) < 4.78 is 0. The second kappa shape index (κ2) is 6.10. The summed E-state index contributed by atoms with van der Waals surface area (Å²) in [7, 11) is 2.33. The van der Waals surface area contributed by atoms with Gasteiger partial charge in [0, 0.05) is 18.1 Å². The lowest BCUT2D eigenvalue weighted by molar-refractivity contribution is 0.112. The molecule has 3 atom stereocenters. The van der Waals surface area contributed by atoms with Gasteiger partial charge in [0.1, 0.15) is 0 Å². The molecule has 0 saturated carbocycles. The third kappa shape index (κ3) is 2.89. The Morgan fingerprint density at radius 3 is 2.43 bits per heavy atom. The molecule has 2 bridgehead atoms. The van der Waals surface area contributed by atoms with Gasteiger partial charge in [-0.05, 0) is 70.2 Å². The molecule has 2 fully saturated rings. The number of fused-ring (bicyclic) bond motifs is 2. The quantitative estimate of drug-likeness (QED) is 0.905. The van der Waals surface area contributed by atoms with Gasteiger partial charge in [-0.1, -0.05) is 30.7 Å². The molecule has 3 rings (SSSR count). The first kappa shape index (κ1) is 15.1. The maximum absolute atomic E-state index is 3.79. The Balaban J connectivity index is 1.85. The van der Waals surface area contributed by atoms with Crippen molar-refractivity contribution in [1.82, 2.24) is 10.2 Å². The van der Waals surface area contributed by atoms with Gasteiger partial charge in [0.25, 0.3) is 0 Å². The molecule has 2 saturated heterocycles. The third-order valence-electron chi connectivity index (χ3n) is 5.79. The summed E-state index contributed by atoms with van der Waals surface area (Å²) in [6, 6.07) is 9.14. The molecule has 2 aliphatic heterocycles. The number of nitrogens with one attached hydrogen (secondary N) is 1. The van der Waals surface area contributed by atoms with Crippen molar-refractivity contribution in [2.45, 2.75) is 64.6 Å². The van der Waals surface area contributed by atoms with Crippen LogP contribution in [0.25, 0.3) is 0 Å². The zero-order valence-electron chi connectivity index (χ0n) is 14.0. The van der Waals surface area contributed by atoms with Crippen molar-refractivity contribution in [3.8, 4) is 0 Å². The molecule has 0 spiro atoms. The van der Waals surface area contributed by atoms with Crippen LogP contribution in [0.1, 0.15) is 55.3 Å². The highest BCUT2D eigenvalue weighted by Gasteiger charge is 2.41. The minimum absolute atomic E-state index is 0.535. The number of nitrogens with zero attached hydrogens (tertiary/aromatic N) is 1. The van der Waals surface area contributed by atoms with E-state index in [1.54, 1.807) is 0 Å². The van der Waals surface area contributed by atoms with Gasteiger partial charge in [-0.15, -0.1) is 0 Å². The molecule has 1 aromatic carbocycles. The second-order valence-electron chi connectivity index (χ2n) is 7.18. The van der Waals surface area contributed by atoms with Gasteiger partial charge in [0.15, 0.2) is 0 Å². The van der Waals surface area contributed by atoms with Crippen LogP contribution < -0.4 is 5.32 Å². The Labute approximate surface area is 129 Å². The van der Waals surface area contributed by atoms with Crippen LogP contribution in [-0.4, -0.2) is 30.6 Å². The molecule has 0 amide bonds. The van der Waals surface area contributed by atoms with Crippen molar-refractivity contribution in [3.05, 3.63) is 34.9 Å². The first-order valence-corrected chi connectivity index (χ1v) is 8.62. The molecule has 2 aliphatic rings. The van der Waals surface area contributed by atoms with Crippen LogP contribution in [0.15, 0.2) is 18.2 Å². The summed E-state index contributed by atoms with van der Waals surface area (Å²) in [5, 5.41) is 3.79. The van der Waals surface area contributed by atoms with E-state index in [0.29, 0.717) is 6.04 Å². The van der Waals surface area contributed by atoms with Crippen LogP contribution in [0.4, 0.5) is 0 Å². The van der Waals surface area contributed by atoms with E-state index < -0.39 is 0 Å². The number of rotatable bonds is 4. The SMILES string of the molecule is CCNC(c1ccc(C)cc1C)C1CC2CCC(C1)N2C. The average Bonchev–Trinajstić information content (AvgIpc) is 2.67. The van der Waals surface area contributed by atoms with E-state index in [0.717, 1.165) is 24.5 Å². The fourth-order valence-electron chi connectivity index (χ4n) is 4.65. The summed E-state index contributed by atoms with van der Waals surface area (Å²) in [5.41, 5.74) is 4.35. The Morgan fingerprint density at radius 1 is 1.19 bits per heavy atom. The fraction of sp³-hybridized carbons (Fsp3) is 0.684. The van der Waals surface area contributed by atoms with E-state index in [1.807, 2.05) is 0 Å². The highest BCUT2D eigenvalue weighted by Crippen LogP contribution is 2.43. The highest BCUT2D eigenvalue weighted by atomic mass is 15.2. The minimum atomic E-state index is 0.535. The van der Waals surface area contributed by atoms with Crippen LogP contribution in [-0.2, 0) is 0 Å². The molecule has 2 nitrogen and oxygen atoms in total. The molecular formula is C19H30N2. The van der Waals surface area contributed by atoms with Gasteiger partial charge in [-0.25, -0.2) is 0 Å². The Bertz CT molecular complexity index is 482. The standard InChI is InChI=1S/C19H30N2/c1-5-20-19(18-9-6-13(2)10-14(18)3)15-11-16-7-8-17(12-15)21(16)4/h6,9-10,15-17,19-20H,5,7-8,11-12H2,1-4H3. The van der Waals surface area contributed by atoms with E-state index in [9.17, 15) is 0 Å². The average molecular weight is 286 g/mol. The number of hydrogen-bond donors (Lipinski definition) is 1. The van der Waals surface area contributed by atoms with Crippen molar-refractivity contribution in [1.29, 1.82) is 0 Å². The minimum Gasteiger partial charge on any atom is -0.310 e. The predicted octanol–water partition coefficient (Wildman–Crippen LogP) is 3.83. The molecular weight excluding hydrogens is 256 g/mol. The van der Waals surface area contributed by atoms with Crippen molar-refractivity contribution in [2.75, 3.05) is 13.6 Å². The zero-order valence-corrected chi connectivity index (χ0v) is 14.0. The Kier molecular flexibility index (Phi) is 4.37. The van der Waals surface area contributed by atoms with E-state index in [-0.39, 0.29) is 0 Å². The number of piperidine rings is 1. The molecule has 0 aromatic heterocycles. The van der Waals surface area contributed by atoms with Crippen molar-refractivity contribution in [3.63, 3.8) is 0 Å². The van der Waals surface area contributed by atoms with Gasteiger partial charge in [0.05, 0.1) is 0 Å². The Morgan fingerprint density at radius 2 is 1.86 bits per heavy atom. The molecule has 3 unspecified atom stereocenters. The van der Waals surface area contributed by atoms with Crippen molar-refractivity contribution < 1.29 is 0 Å². The molecule has 2 heterocycles. The molecule has 1 N–H and O–H groups in total. The maximum Gasteiger partial charge on any atom is 0.0352 e. The monoisotopic (exact) mass is 286 g/mol. The van der Waals surface area contributed by atoms with Gasteiger partial charge in [-0.3, -0.25) is 0 Å². The van der Waals surface area contributed by atoms with Crippen LogP contribution in [0.2, 0.25) is 0 Å². The van der Waals surface area contributed by atoms with E-state index in [4.69, 9.17) is 0 Å². The van der Waals surface area contributed by atoms with E-state index in [2.05, 4.69) is 56.2 Å². The summed E-state index contributed by atoms with van der Waals surface area (Å²) >= 11 is 0. The maximum atomic E-state index is 3.79. The molecule has 0 aliphatic carbocycles. The predicted molar refractivity (Wildman–Crippen MR) is 89.6 cm³/mol. The summed E-state index contributed by atoms with van der Waals surface area (Å²) in [4.78, 5) is 2.64. The van der Waals surface area contributed by atoms with Crippen LogP contribution in [0.3, 0.4) is 0 Å². The molecule has 21 heavy (non-hydrogen) atoms. The largest absolute Gasteiger partial charge is 0.310 e. The van der Waals surface area contributed by atoms with Gasteiger partial charge < -0.3 is 10.2 Å². The number of hydrogen-bond acceptors (Lipinski definition) is 2. The first-order chi connectivity index (χ1) is 10.1. The fourth-order valence-corrected chi connectivity index (χ4v) is 4.65. The van der Waals surface area contributed by atoms with Crippen molar-refractivity contribution in [2.24, 2.45) is 5.92 Å². The van der Waals surface area contributed by atoms with Gasteiger partial charge in [-0.2, -0.15) is 0 Å². The smallest absolute Gasteiger partial charge is 0.0352 e. The molecule has 0 radical (unpaired) electrons. The lowest BCUT2D eigenvalue weighted by atomic mass is 9.80. The lowest BCUT2D eigenvalue weighted by Crippen LogP contribution is -2.43. The lowest BCUT2D eigenvalue weighted by Gasteiger charge is -2.40. The number of aryl methyl sites for hydroxylation is 2. The third-order valence-corrected chi connectivity index (χ3v) is 5.79. The first-order valence-electron chi connectivity index (χ1n) is 8.62. The normalized spacial score (nSPS) is 30.6. The van der Waals surface area contributed by atoms with E-state index in [1.165, 1.54) is 42.4 Å². The molecule has 116 valence electrons.